The average molecular weight is 268 g/mol. The van der Waals surface area contributed by atoms with Gasteiger partial charge in [-0.1, -0.05) is 39.3 Å². The number of carbonyl (C=O) groups excluding carboxylic acids is 2. The normalized spacial score (nSPS) is 11.4. The molecule has 108 valence electrons. The van der Waals surface area contributed by atoms with Crippen LogP contribution in [0.15, 0.2) is 25.3 Å². The van der Waals surface area contributed by atoms with Crippen LogP contribution in [-0.2, 0) is 19.1 Å². The maximum atomic E-state index is 10.9. The largest absolute Gasteiger partial charge is 0.463 e. The number of carbonyl (C=O) groups is 2. The molecule has 0 saturated heterocycles. The predicted molar refractivity (Wildman–Crippen MR) is 74.6 cm³/mol. The highest BCUT2D eigenvalue weighted by Gasteiger charge is 2.08. The molecule has 0 N–H and O–H groups in total. The zero-order valence-corrected chi connectivity index (χ0v) is 11.7. The van der Waals surface area contributed by atoms with Crippen molar-refractivity contribution < 1.29 is 19.1 Å². The minimum atomic E-state index is -0.372. The number of hydrogen-bond acceptors (Lipinski definition) is 4. The van der Waals surface area contributed by atoms with Crippen LogP contribution in [0.5, 0.6) is 0 Å². The maximum Gasteiger partial charge on any atom is 0.330 e. The van der Waals surface area contributed by atoms with E-state index in [1.54, 1.807) is 0 Å². The summed E-state index contributed by atoms with van der Waals surface area (Å²) < 4.78 is 9.91. The van der Waals surface area contributed by atoms with Crippen LogP contribution in [0, 0.1) is 5.92 Å². The topological polar surface area (TPSA) is 52.6 Å². The summed E-state index contributed by atoms with van der Waals surface area (Å²) in [5.41, 5.74) is 0. The Labute approximate surface area is 115 Å². The molecule has 0 rings (SSSR count). The Morgan fingerprint density at radius 2 is 1.68 bits per heavy atom. The summed E-state index contributed by atoms with van der Waals surface area (Å²) in [6, 6.07) is 0. The molecule has 0 aliphatic rings. The molecule has 0 heterocycles. The molecule has 1 atom stereocenters. The van der Waals surface area contributed by atoms with Crippen LogP contribution in [0.2, 0.25) is 0 Å². The number of hydrogen-bond donors (Lipinski definition) is 0. The molecular weight excluding hydrogens is 244 g/mol. The Bertz CT molecular complexity index is 297. The summed E-state index contributed by atoms with van der Waals surface area (Å²) in [6.07, 6.45) is 7.22. The molecule has 0 fully saturated rings. The van der Waals surface area contributed by atoms with Crippen LogP contribution in [0.4, 0.5) is 0 Å². The van der Waals surface area contributed by atoms with Crippen LogP contribution in [0.1, 0.15) is 39.0 Å². The highest BCUT2D eigenvalue weighted by Crippen LogP contribution is 2.14. The van der Waals surface area contributed by atoms with Crippen molar-refractivity contribution in [2.75, 3.05) is 13.2 Å². The van der Waals surface area contributed by atoms with Gasteiger partial charge in [-0.25, -0.2) is 9.59 Å². The molecule has 0 amide bonds. The summed E-state index contributed by atoms with van der Waals surface area (Å²) in [5.74, 6) is -0.350. The first-order valence-corrected chi connectivity index (χ1v) is 6.72. The van der Waals surface area contributed by atoms with Crippen molar-refractivity contribution in [1.82, 2.24) is 0 Å². The number of ether oxygens (including phenoxy) is 2. The second kappa shape index (κ2) is 11.5. The van der Waals surface area contributed by atoms with Gasteiger partial charge in [-0.15, -0.1) is 0 Å². The Hall–Kier alpha value is -1.58. The summed E-state index contributed by atoms with van der Waals surface area (Å²) >= 11 is 0. The summed E-state index contributed by atoms with van der Waals surface area (Å²) in [6.45, 7) is 9.66. The lowest BCUT2D eigenvalue weighted by Crippen LogP contribution is -2.12. The van der Waals surface area contributed by atoms with Crippen LogP contribution in [0.25, 0.3) is 0 Å². The van der Waals surface area contributed by atoms with E-state index < -0.39 is 0 Å². The fourth-order valence-electron chi connectivity index (χ4n) is 1.61. The van der Waals surface area contributed by atoms with Gasteiger partial charge in [0.1, 0.15) is 0 Å². The molecule has 0 aromatic heterocycles. The van der Waals surface area contributed by atoms with Gasteiger partial charge < -0.3 is 9.47 Å². The van der Waals surface area contributed by atoms with Gasteiger partial charge in [0.15, 0.2) is 0 Å². The first-order valence-electron chi connectivity index (χ1n) is 6.72. The van der Waals surface area contributed by atoms with Crippen molar-refractivity contribution in [1.29, 1.82) is 0 Å². The third-order valence-electron chi connectivity index (χ3n) is 2.87. The fraction of sp³-hybridized carbons (Fsp3) is 0.600. The molecule has 0 aromatic carbocycles. The van der Waals surface area contributed by atoms with Crippen molar-refractivity contribution in [3.05, 3.63) is 25.3 Å². The molecule has 0 aliphatic carbocycles. The van der Waals surface area contributed by atoms with Gasteiger partial charge in [-0.3, -0.25) is 0 Å². The van der Waals surface area contributed by atoms with Crippen LogP contribution >= 0.6 is 0 Å². The van der Waals surface area contributed by atoms with E-state index in [4.69, 9.17) is 9.47 Å². The molecule has 4 heteroatoms. The van der Waals surface area contributed by atoms with E-state index in [0.717, 1.165) is 32.1 Å². The monoisotopic (exact) mass is 268 g/mol. The summed E-state index contributed by atoms with van der Waals surface area (Å²) in [7, 11) is 0. The van der Waals surface area contributed by atoms with Crippen molar-refractivity contribution in [2.24, 2.45) is 5.92 Å². The van der Waals surface area contributed by atoms with Crippen LogP contribution in [-0.4, -0.2) is 25.2 Å². The van der Waals surface area contributed by atoms with Crippen molar-refractivity contribution in [2.45, 2.75) is 39.0 Å². The lowest BCUT2D eigenvalue weighted by Gasteiger charge is -2.14. The number of esters is 2. The highest BCUT2D eigenvalue weighted by atomic mass is 16.5. The zero-order chi connectivity index (χ0) is 14.5. The van der Waals surface area contributed by atoms with E-state index in [1.165, 1.54) is 12.2 Å². The molecule has 0 aliphatic heterocycles. The lowest BCUT2D eigenvalue weighted by molar-refractivity contribution is -0.139. The van der Waals surface area contributed by atoms with Crippen molar-refractivity contribution >= 4 is 11.9 Å². The van der Waals surface area contributed by atoms with E-state index in [1.807, 2.05) is 0 Å². The van der Waals surface area contributed by atoms with E-state index in [2.05, 4.69) is 20.1 Å². The summed E-state index contributed by atoms with van der Waals surface area (Å²) in [4.78, 5) is 21.7. The number of unbranched alkanes of at least 4 members (excludes halogenated alkanes) is 2. The van der Waals surface area contributed by atoms with Crippen molar-refractivity contribution in [3.8, 4) is 0 Å². The molecule has 0 bridgehead atoms. The van der Waals surface area contributed by atoms with Gasteiger partial charge in [0.25, 0.3) is 0 Å². The average Bonchev–Trinajstić information content (AvgIpc) is 2.44. The Balaban J connectivity index is 3.55. The van der Waals surface area contributed by atoms with Gasteiger partial charge in [0, 0.05) is 12.2 Å². The molecule has 4 nitrogen and oxygen atoms in total. The van der Waals surface area contributed by atoms with Gasteiger partial charge in [-0.05, 0) is 18.8 Å². The Morgan fingerprint density at radius 3 is 2.26 bits per heavy atom. The Morgan fingerprint density at radius 1 is 1.05 bits per heavy atom. The molecule has 19 heavy (non-hydrogen) atoms. The minimum absolute atomic E-state index is 0.366. The van der Waals surface area contributed by atoms with E-state index in [-0.39, 0.29) is 11.9 Å². The van der Waals surface area contributed by atoms with E-state index in [9.17, 15) is 9.59 Å². The van der Waals surface area contributed by atoms with E-state index in [0.29, 0.717) is 19.1 Å². The van der Waals surface area contributed by atoms with Crippen LogP contribution in [0.3, 0.4) is 0 Å². The molecule has 0 radical (unpaired) electrons. The minimum Gasteiger partial charge on any atom is -0.463 e. The SMILES string of the molecule is C=CC(=O)OCCCCCC(CC)COC(=O)C=C. The fourth-order valence-corrected chi connectivity index (χ4v) is 1.61. The highest BCUT2D eigenvalue weighted by molar-refractivity contribution is 5.81. The second-order valence-electron chi connectivity index (χ2n) is 4.33. The standard InChI is InChI=1S/C15H24O4/c1-4-13(12-19-15(17)6-3)10-8-7-9-11-18-14(16)5-2/h5-6,13H,2-4,7-12H2,1H3. The maximum absolute atomic E-state index is 10.9. The van der Waals surface area contributed by atoms with Crippen molar-refractivity contribution in [3.63, 3.8) is 0 Å². The van der Waals surface area contributed by atoms with Gasteiger partial charge in [-0.2, -0.15) is 0 Å². The quantitative estimate of drug-likeness (QED) is 0.328. The zero-order valence-electron chi connectivity index (χ0n) is 11.7. The lowest BCUT2D eigenvalue weighted by atomic mass is 9.99. The first-order chi connectivity index (χ1) is 9.13. The molecular formula is C15H24O4. The van der Waals surface area contributed by atoms with Gasteiger partial charge >= 0.3 is 11.9 Å². The van der Waals surface area contributed by atoms with Gasteiger partial charge in [0.05, 0.1) is 13.2 Å². The first kappa shape index (κ1) is 17.4. The smallest absolute Gasteiger partial charge is 0.330 e. The predicted octanol–water partition coefficient (Wildman–Crippen LogP) is 3.03. The second-order valence-corrected chi connectivity index (χ2v) is 4.33. The third kappa shape index (κ3) is 10.1. The summed E-state index contributed by atoms with van der Waals surface area (Å²) in [5, 5.41) is 0. The molecule has 1 unspecified atom stereocenters. The van der Waals surface area contributed by atoms with Crippen LogP contribution < -0.4 is 0 Å². The number of rotatable bonds is 11. The molecule has 0 aromatic rings. The van der Waals surface area contributed by atoms with Gasteiger partial charge in [0.2, 0.25) is 0 Å². The Kier molecular flexibility index (Phi) is 10.6. The molecule has 0 spiro atoms. The third-order valence-corrected chi connectivity index (χ3v) is 2.87. The molecule has 0 saturated carbocycles. The van der Waals surface area contributed by atoms with E-state index >= 15 is 0 Å².